The maximum atomic E-state index is 12.0. The molecule has 0 spiro atoms. The number of aromatic nitrogens is 2. The van der Waals surface area contributed by atoms with Crippen molar-refractivity contribution < 1.29 is 9.90 Å². The van der Waals surface area contributed by atoms with Gasteiger partial charge in [-0.05, 0) is 43.2 Å². The molecule has 0 bridgehead atoms. The van der Waals surface area contributed by atoms with Gasteiger partial charge in [-0.2, -0.15) is 10.4 Å². The molecule has 0 radical (unpaired) electrons. The second-order valence-electron chi connectivity index (χ2n) is 6.17. The molecule has 1 heterocycles. The molecular weight excluding hydrogens is 326 g/mol. The zero-order valence-electron chi connectivity index (χ0n) is 14.7. The number of hydrogen-bond acceptors (Lipinski definition) is 3. The van der Waals surface area contributed by atoms with Gasteiger partial charge in [0.15, 0.2) is 0 Å². The van der Waals surface area contributed by atoms with E-state index in [1.165, 1.54) is 0 Å². The van der Waals surface area contributed by atoms with Crippen molar-refractivity contribution in [1.82, 2.24) is 9.78 Å². The lowest BCUT2D eigenvalue weighted by Crippen LogP contribution is -2.06. The first kappa shape index (κ1) is 17.4. The van der Waals surface area contributed by atoms with Crippen LogP contribution in [0.25, 0.3) is 16.9 Å². The van der Waals surface area contributed by atoms with Crippen LogP contribution in [-0.2, 0) is 6.42 Å². The summed E-state index contributed by atoms with van der Waals surface area (Å²) in [5.41, 5.74) is 4.26. The van der Waals surface area contributed by atoms with E-state index in [1.54, 1.807) is 28.9 Å². The van der Waals surface area contributed by atoms with Gasteiger partial charge in [0.05, 0.1) is 23.0 Å². The molecule has 5 heteroatoms. The summed E-state index contributed by atoms with van der Waals surface area (Å²) in [7, 11) is 0. The standard InChI is InChI=1S/C21H19N3O2/c1-3-6-18-19(21(25)26)20(16-9-5-8-15(12-16)13-22)23-24(18)17-10-4-7-14(2)11-17/h4-5,7-12H,3,6H2,1-2H3,(H,25,26). The summed E-state index contributed by atoms with van der Waals surface area (Å²) in [4.78, 5) is 12.0. The second-order valence-corrected chi connectivity index (χ2v) is 6.17. The van der Waals surface area contributed by atoms with Crippen LogP contribution in [0, 0.1) is 18.3 Å². The summed E-state index contributed by atoms with van der Waals surface area (Å²) in [5, 5.41) is 23.6. The Morgan fingerprint density at radius 2 is 2.00 bits per heavy atom. The Morgan fingerprint density at radius 3 is 2.65 bits per heavy atom. The van der Waals surface area contributed by atoms with Gasteiger partial charge >= 0.3 is 5.97 Å². The van der Waals surface area contributed by atoms with Gasteiger partial charge in [-0.15, -0.1) is 0 Å². The number of rotatable bonds is 5. The van der Waals surface area contributed by atoms with Crippen molar-refractivity contribution in [1.29, 1.82) is 5.26 Å². The van der Waals surface area contributed by atoms with E-state index in [9.17, 15) is 9.90 Å². The number of nitrogens with zero attached hydrogens (tertiary/aromatic N) is 3. The van der Waals surface area contributed by atoms with Crippen molar-refractivity contribution in [2.45, 2.75) is 26.7 Å². The minimum absolute atomic E-state index is 0.198. The van der Waals surface area contributed by atoms with Gasteiger partial charge in [-0.3, -0.25) is 0 Å². The third kappa shape index (κ3) is 3.22. The minimum atomic E-state index is -1.01. The van der Waals surface area contributed by atoms with Crippen molar-refractivity contribution in [3.05, 3.63) is 70.9 Å². The highest BCUT2D eigenvalue weighted by Gasteiger charge is 2.24. The summed E-state index contributed by atoms with van der Waals surface area (Å²) >= 11 is 0. The maximum absolute atomic E-state index is 12.0. The highest BCUT2D eigenvalue weighted by Crippen LogP contribution is 2.29. The number of benzene rings is 2. The number of carboxylic acids is 1. The molecule has 0 atom stereocenters. The van der Waals surface area contributed by atoms with Crippen LogP contribution in [0.1, 0.15) is 40.5 Å². The zero-order valence-corrected chi connectivity index (χ0v) is 14.7. The molecule has 2 aromatic carbocycles. The monoisotopic (exact) mass is 345 g/mol. The molecule has 1 N–H and O–H groups in total. The normalized spacial score (nSPS) is 10.5. The molecule has 0 saturated carbocycles. The number of nitriles is 1. The van der Waals surface area contributed by atoms with Crippen LogP contribution < -0.4 is 0 Å². The Labute approximate surface area is 152 Å². The third-order valence-electron chi connectivity index (χ3n) is 4.19. The molecule has 130 valence electrons. The summed E-state index contributed by atoms with van der Waals surface area (Å²) in [6, 6.07) is 16.8. The van der Waals surface area contributed by atoms with E-state index in [2.05, 4.69) is 11.2 Å². The molecule has 0 amide bonds. The van der Waals surface area contributed by atoms with E-state index in [1.807, 2.05) is 38.1 Å². The fourth-order valence-electron chi connectivity index (χ4n) is 3.06. The van der Waals surface area contributed by atoms with Gasteiger partial charge < -0.3 is 5.11 Å². The molecule has 0 aliphatic rings. The number of aromatic carboxylic acids is 1. The minimum Gasteiger partial charge on any atom is -0.478 e. The summed E-state index contributed by atoms with van der Waals surface area (Å²) in [6.45, 7) is 4.00. The van der Waals surface area contributed by atoms with E-state index in [0.717, 1.165) is 17.7 Å². The van der Waals surface area contributed by atoms with Crippen LogP contribution in [0.4, 0.5) is 0 Å². The first-order valence-electron chi connectivity index (χ1n) is 8.48. The van der Waals surface area contributed by atoms with E-state index < -0.39 is 5.97 Å². The van der Waals surface area contributed by atoms with Crippen molar-refractivity contribution in [3.63, 3.8) is 0 Å². The van der Waals surface area contributed by atoms with Crippen molar-refractivity contribution in [3.8, 4) is 23.0 Å². The van der Waals surface area contributed by atoms with Crippen LogP contribution in [0.5, 0.6) is 0 Å². The number of aryl methyl sites for hydroxylation is 1. The van der Waals surface area contributed by atoms with Crippen molar-refractivity contribution in [2.75, 3.05) is 0 Å². The Morgan fingerprint density at radius 1 is 1.23 bits per heavy atom. The molecule has 0 unspecified atom stereocenters. The molecule has 0 aliphatic carbocycles. The average Bonchev–Trinajstić information content (AvgIpc) is 3.02. The molecule has 0 saturated heterocycles. The third-order valence-corrected chi connectivity index (χ3v) is 4.19. The maximum Gasteiger partial charge on any atom is 0.339 e. The lowest BCUT2D eigenvalue weighted by molar-refractivity contribution is 0.0696. The molecule has 1 aromatic heterocycles. The average molecular weight is 345 g/mol. The molecule has 3 rings (SSSR count). The van der Waals surface area contributed by atoms with Crippen molar-refractivity contribution in [2.24, 2.45) is 0 Å². The van der Waals surface area contributed by atoms with Gasteiger partial charge in [0.25, 0.3) is 0 Å². The lowest BCUT2D eigenvalue weighted by Gasteiger charge is -2.08. The molecule has 5 nitrogen and oxygen atoms in total. The smallest absolute Gasteiger partial charge is 0.339 e. The zero-order chi connectivity index (χ0) is 18.7. The predicted molar refractivity (Wildman–Crippen MR) is 99.4 cm³/mol. The quantitative estimate of drug-likeness (QED) is 0.745. The topological polar surface area (TPSA) is 78.9 Å². The van der Waals surface area contributed by atoms with Gasteiger partial charge in [0, 0.05) is 5.56 Å². The van der Waals surface area contributed by atoms with E-state index in [-0.39, 0.29) is 5.56 Å². The van der Waals surface area contributed by atoms with E-state index in [4.69, 9.17) is 5.26 Å². The Bertz CT molecular complexity index is 1010. The van der Waals surface area contributed by atoms with Crippen molar-refractivity contribution >= 4 is 5.97 Å². The highest BCUT2D eigenvalue weighted by molar-refractivity contribution is 5.96. The summed E-state index contributed by atoms with van der Waals surface area (Å²) in [5.74, 6) is -1.01. The lowest BCUT2D eigenvalue weighted by atomic mass is 10.0. The van der Waals surface area contributed by atoms with Gasteiger partial charge in [-0.1, -0.05) is 37.6 Å². The molecule has 0 aliphatic heterocycles. The fraction of sp³-hybridized carbons (Fsp3) is 0.190. The largest absolute Gasteiger partial charge is 0.478 e. The molecule has 0 fully saturated rings. The van der Waals surface area contributed by atoms with E-state index in [0.29, 0.717) is 28.9 Å². The van der Waals surface area contributed by atoms with Crippen LogP contribution >= 0.6 is 0 Å². The SMILES string of the molecule is CCCc1c(C(=O)O)c(-c2cccc(C#N)c2)nn1-c1cccc(C)c1. The van der Waals surface area contributed by atoms with Gasteiger partial charge in [-0.25, -0.2) is 9.48 Å². The number of hydrogen-bond donors (Lipinski definition) is 1. The first-order valence-corrected chi connectivity index (χ1v) is 8.48. The molecule has 26 heavy (non-hydrogen) atoms. The summed E-state index contributed by atoms with van der Waals surface area (Å²) in [6.07, 6.45) is 1.40. The van der Waals surface area contributed by atoms with E-state index >= 15 is 0 Å². The fourth-order valence-corrected chi connectivity index (χ4v) is 3.06. The van der Waals surface area contributed by atoms with Crippen LogP contribution in [0.2, 0.25) is 0 Å². The highest BCUT2D eigenvalue weighted by atomic mass is 16.4. The number of carbonyl (C=O) groups is 1. The predicted octanol–water partition coefficient (Wildman–Crippen LogP) is 4.37. The van der Waals surface area contributed by atoms with Gasteiger partial charge in [0.2, 0.25) is 0 Å². The molecule has 3 aromatic rings. The second kappa shape index (κ2) is 7.24. The van der Waals surface area contributed by atoms with Crippen LogP contribution in [0.3, 0.4) is 0 Å². The summed E-state index contributed by atoms with van der Waals surface area (Å²) < 4.78 is 1.72. The Balaban J connectivity index is 2.29. The first-order chi connectivity index (χ1) is 12.5. The van der Waals surface area contributed by atoms with Crippen LogP contribution in [0.15, 0.2) is 48.5 Å². The Kier molecular flexibility index (Phi) is 4.85. The molecular formula is C21H19N3O2. The number of carboxylic acid groups (broad SMARTS) is 1. The van der Waals surface area contributed by atoms with Gasteiger partial charge in [0.1, 0.15) is 11.3 Å². The Hall–Kier alpha value is -3.39. The van der Waals surface area contributed by atoms with Crippen LogP contribution in [-0.4, -0.2) is 20.9 Å².